The SMILES string of the molecule is COc1cc2c(cc1/C=C1\SC(=O)N(CC(=O)Nc3ccc(F)cc3)C1=O)OCO2. The lowest BCUT2D eigenvalue weighted by molar-refractivity contribution is -0.127. The standard InChI is InChI=1S/C20H15FN2O6S/c1-27-14-8-16-15(28-10-29-16)6-11(14)7-17-19(25)23(20(26)30-17)9-18(24)22-13-4-2-12(21)3-5-13/h2-8H,9-10H2,1H3,(H,22,24)/b17-7-. The summed E-state index contributed by atoms with van der Waals surface area (Å²) in [6.07, 6.45) is 1.50. The summed E-state index contributed by atoms with van der Waals surface area (Å²) in [5.74, 6) is -0.151. The van der Waals surface area contributed by atoms with E-state index in [1.807, 2.05) is 0 Å². The summed E-state index contributed by atoms with van der Waals surface area (Å²) in [6, 6.07) is 8.43. The zero-order chi connectivity index (χ0) is 21.3. The van der Waals surface area contributed by atoms with Gasteiger partial charge in [0.1, 0.15) is 18.1 Å². The second-order valence-corrected chi connectivity index (χ2v) is 7.26. The van der Waals surface area contributed by atoms with Crippen LogP contribution in [0.25, 0.3) is 6.08 Å². The zero-order valence-corrected chi connectivity index (χ0v) is 16.5. The fourth-order valence-electron chi connectivity index (χ4n) is 2.88. The van der Waals surface area contributed by atoms with Crippen molar-refractivity contribution in [2.75, 3.05) is 25.8 Å². The number of hydrogen-bond acceptors (Lipinski definition) is 7. The minimum Gasteiger partial charge on any atom is -0.496 e. The number of carbonyl (C=O) groups is 3. The van der Waals surface area contributed by atoms with Crippen molar-refractivity contribution in [2.45, 2.75) is 0 Å². The second kappa shape index (κ2) is 8.07. The minimum absolute atomic E-state index is 0.0849. The lowest BCUT2D eigenvalue weighted by Gasteiger charge is -2.12. The average molecular weight is 430 g/mol. The number of rotatable bonds is 5. The summed E-state index contributed by atoms with van der Waals surface area (Å²) in [5, 5.41) is 1.95. The molecule has 0 radical (unpaired) electrons. The molecule has 1 N–H and O–H groups in total. The van der Waals surface area contributed by atoms with E-state index in [-0.39, 0.29) is 11.7 Å². The Morgan fingerprint density at radius 2 is 1.93 bits per heavy atom. The van der Waals surface area contributed by atoms with Gasteiger partial charge in [-0.3, -0.25) is 19.3 Å². The van der Waals surface area contributed by atoms with Gasteiger partial charge in [-0.05, 0) is 48.2 Å². The second-order valence-electron chi connectivity index (χ2n) is 6.27. The van der Waals surface area contributed by atoms with E-state index < -0.39 is 29.4 Å². The molecule has 4 rings (SSSR count). The number of anilines is 1. The van der Waals surface area contributed by atoms with E-state index in [1.165, 1.54) is 37.5 Å². The van der Waals surface area contributed by atoms with Gasteiger partial charge in [-0.2, -0.15) is 0 Å². The topological polar surface area (TPSA) is 94.2 Å². The number of hydrogen-bond donors (Lipinski definition) is 1. The number of amides is 3. The molecule has 0 unspecified atom stereocenters. The highest BCUT2D eigenvalue weighted by atomic mass is 32.2. The van der Waals surface area contributed by atoms with E-state index in [0.717, 1.165) is 16.7 Å². The third-order valence-electron chi connectivity index (χ3n) is 4.31. The van der Waals surface area contributed by atoms with Crippen LogP contribution in [0.4, 0.5) is 14.9 Å². The predicted octanol–water partition coefficient (Wildman–Crippen LogP) is 3.24. The van der Waals surface area contributed by atoms with Crippen molar-refractivity contribution in [2.24, 2.45) is 0 Å². The largest absolute Gasteiger partial charge is 0.496 e. The quantitative estimate of drug-likeness (QED) is 0.728. The number of halogens is 1. The minimum atomic E-state index is -0.598. The van der Waals surface area contributed by atoms with Crippen LogP contribution in [0.15, 0.2) is 41.3 Å². The maximum Gasteiger partial charge on any atom is 0.294 e. The van der Waals surface area contributed by atoms with Crippen molar-refractivity contribution in [3.8, 4) is 17.2 Å². The predicted molar refractivity (Wildman–Crippen MR) is 107 cm³/mol. The normalized spacial score (nSPS) is 16.3. The first-order chi connectivity index (χ1) is 14.4. The molecule has 0 aliphatic carbocycles. The number of nitrogens with one attached hydrogen (secondary N) is 1. The molecule has 0 spiro atoms. The Kier molecular flexibility index (Phi) is 5.32. The molecule has 10 heteroatoms. The van der Waals surface area contributed by atoms with Crippen molar-refractivity contribution >= 4 is 40.6 Å². The third kappa shape index (κ3) is 3.94. The molecule has 2 aromatic rings. The highest BCUT2D eigenvalue weighted by molar-refractivity contribution is 8.18. The molecule has 8 nitrogen and oxygen atoms in total. The lowest BCUT2D eigenvalue weighted by atomic mass is 10.1. The first kappa shape index (κ1) is 19.8. The van der Waals surface area contributed by atoms with Crippen molar-refractivity contribution in [3.63, 3.8) is 0 Å². The summed E-state index contributed by atoms with van der Waals surface area (Å²) >= 11 is 0.721. The van der Waals surface area contributed by atoms with E-state index >= 15 is 0 Å². The van der Waals surface area contributed by atoms with Gasteiger partial charge in [0.2, 0.25) is 12.7 Å². The van der Waals surface area contributed by atoms with E-state index in [0.29, 0.717) is 28.5 Å². The Morgan fingerprint density at radius 3 is 2.63 bits per heavy atom. The van der Waals surface area contributed by atoms with Crippen LogP contribution in [0.2, 0.25) is 0 Å². The van der Waals surface area contributed by atoms with Gasteiger partial charge in [0, 0.05) is 17.3 Å². The zero-order valence-electron chi connectivity index (χ0n) is 15.6. The van der Waals surface area contributed by atoms with Crippen LogP contribution >= 0.6 is 11.8 Å². The molecule has 3 amide bonds. The molecule has 0 saturated carbocycles. The van der Waals surface area contributed by atoms with Crippen molar-refractivity contribution in [3.05, 3.63) is 52.7 Å². The van der Waals surface area contributed by atoms with Gasteiger partial charge >= 0.3 is 0 Å². The fraction of sp³-hybridized carbons (Fsp3) is 0.150. The number of ether oxygens (including phenoxy) is 3. The molecule has 0 bridgehead atoms. The Hall–Kier alpha value is -3.53. The monoisotopic (exact) mass is 430 g/mol. The Labute approximate surface area is 174 Å². The molecule has 2 aliphatic rings. The molecular formula is C20H15FN2O6S. The Balaban J connectivity index is 1.50. The average Bonchev–Trinajstić information content (AvgIpc) is 3.28. The molecule has 1 fully saturated rings. The summed E-state index contributed by atoms with van der Waals surface area (Å²) in [4.78, 5) is 38.2. The van der Waals surface area contributed by atoms with Gasteiger partial charge in [0.05, 0.1) is 12.0 Å². The summed E-state index contributed by atoms with van der Waals surface area (Å²) < 4.78 is 28.9. The Bertz CT molecular complexity index is 1070. The molecule has 30 heavy (non-hydrogen) atoms. The van der Waals surface area contributed by atoms with Crippen molar-refractivity contribution < 1.29 is 33.0 Å². The van der Waals surface area contributed by atoms with Crippen LogP contribution in [0.3, 0.4) is 0 Å². The summed E-state index contributed by atoms with van der Waals surface area (Å²) in [7, 11) is 1.47. The maximum atomic E-state index is 13.0. The van der Waals surface area contributed by atoms with Crippen LogP contribution in [0.5, 0.6) is 17.2 Å². The first-order valence-electron chi connectivity index (χ1n) is 8.73. The van der Waals surface area contributed by atoms with Crippen LogP contribution < -0.4 is 19.5 Å². The van der Waals surface area contributed by atoms with Gasteiger partial charge in [0.15, 0.2) is 11.5 Å². The highest BCUT2D eigenvalue weighted by Crippen LogP contribution is 2.40. The maximum absolute atomic E-state index is 13.0. The summed E-state index contributed by atoms with van der Waals surface area (Å²) in [5.41, 5.74) is 0.886. The highest BCUT2D eigenvalue weighted by Gasteiger charge is 2.36. The van der Waals surface area contributed by atoms with E-state index in [1.54, 1.807) is 12.1 Å². The van der Waals surface area contributed by atoms with Crippen molar-refractivity contribution in [1.82, 2.24) is 4.90 Å². The van der Waals surface area contributed by atoms with E-state index in [9.17, 15) is 18.8 Å². The number of thioether (sulfide) groups is 1. The molecule has 2 aliphatic heterocycles. The van der Waals surface area contributed by atoms with Crippen molar-refractivity contribution in [1.29, 1.82) is 0 Å². The van der Waals surface area contributed by atoms with Crippen LogP contribution in [-0.2, 0) is 9.59 Å². The smallest absolute Gasteiger partial charge is 0.294 e. The molecule has 2 aromatic carbocycles. The van der Waals surface area contributed by atoms with Gasteiger partial charge < -0.3 is 19.5 Å². The molecular weight excluding hydrogens is 415 g/mol. The number of methoxy groups -OCH3 is 1. The number of imide groups is 1. The van der Waals surface area contributed by atoms with Crippen LogP contribution in [-0.4, -0.2) is 42.4 Å². The van der Waals surface area contributed by atoms with Crippen LogP contribution in [0.1, 0.15) is 5.56 Å². The van der Waals surface area contributed by atoms with E-state index in [2.05, 4.69) is 5.32 Å². The number of benzene rings is 2. The fourth-order valence-corrected chi connectivity index (χ4v) is 3.71. The number of carbonyl (C=O) groups excluding carboxylic acids is 3. The first-order valence-corrected chi connectivity index (χ1v) is 9.54. The van der Waals surface area contributed by atoms with Gasteiger partial charge in [0.25, 0.3) is 11.1 Å². The molecule has 0 atom stereocenters. The Morgan fingerprint density at radius 1 is 1.23 bits per heavy atom. The number of fused-ring (bicyclic) bond motifs is 1. The van der Waals surface area contributed by atoms with Crippen LogP contribution in [0, 0.1) is 5.82 Å². The number of nitrogens with zero attached hydrogens (tertiary/aromatic N) is 1. The molecule has 1 saturated heterocycles. The molecule has 154 valence electrons. The summed E-state index contributed by atoms with van der Waals surface area (Å²) in [6.45, 7) is -0.376. The van der Waals surface area contributed by atoms with Gasteiger partial charge in [-0.1, -0.05) is 0 Å². The van der Waals surface area contributed by atoms with Gasteiger partial charge in [-0.15, -0.1) is 0 Å². The third-order valence-corrected chi connectivity index (χ3v) is 5.22. The molecule has 2 heterocycles. The molecule has 0 aromatic heterocycles. The lowest BCUT2D eigenvalue weighted by Crippen LogP contribution is -2.36. The van der Waals surface area contributed by atoms with E-state index in [4.69, 9.17) is 14.2 Å². The van der Waals surface area contributed by atoms with Gasteiger partial charge in [-0.25, -0.2) is 4.39 Å².